The lowest BCUT2D eigenvalue weighted by atomic mass is 10.2. The van der Waals surface area contributed by atoms with Crippen molar-refractivity contribution in [3.05, 3.63) is 53.6 Å². The van der Waals surface area contributed by atoms with Gasteiger partial charge in [-0.05, 0) is 55.3 Å². The zero-order valence-electron chi connectivity index (χ0n) is 17.9. The summed E-state index contributed by atoms with van der Waals surface area (Å²) < 4.78 is 33.4. The molecule has 2 aromatic carbocycles. The van der Waals surface area contributed by atoms with Crippen molar-refractivity contribution in [1.82, 2.24) is 9.62 Å². The predicted molar refractivity (Wildman–Crippen MR) is 125 cm³/mol. The molecule has 7 nitrogen and oxygen atoms in total. The maximum absolute atomic E-state index is 12.5. The number of hydrogen-bond acceptors (Lipinski definition) is 5. The number of carbonyl (C=O) groups excluding carboxylic acids is 1. The van der Waals surface area contributed by atoms with Crippen molar-refractivity contribution >= 4 is 33.2 Å². The van der Waals surface area contributed by atoms with Crippen molar-refractivity contribution in [1.29, 1.82) is 0 Å². The van der Waals surface area contributed by atoms with Gasteiger partial charge in [-0.1, -0.05) is 30.5 Å². The minimum atomic E-state index is -3.53. The first-order chi connectivity index (χ1) is 15.4. The van der Waals surface area contributed by atoms with Gasteiger partial charge in [0, 0.05) is 42.9 Å². The molecule has 1 aliphatic heterocycles. The van der Waals surface area contributed by atoms with Crippen LogP contribution in [-0.2, 0) is 14.8 Å². The van der Waals surface area contributed by atoms with Crippen LogP contribution in [0.25, 0.3) is 0 Å². The fourth-order valence-corrected chi connectivity index (χ4v) is 5.66. The van der Waals surface area contributed by atoms with Crippen LogP contribution in [0.1, 0.15) is 25.7 Å². The van der Waals surface area contributed by atoms with Gasteiger partial charge >= 0.3 is 0 Å². The topological polar surface area (TPSA) is 78.9 Å². The second-order valence-corrected chi connectivity index (χ2v) is 10.4. The van der Waals surface area contributed by atoms with Gasteiger partial charge in [0.05, 0.1) is 4.90 Å². The Kier molecular flexibility index (Phi) is 7.23. The number of piperazine rings is 1. The Labute approximate surface area is 194 Å². The molecule has 0 bridgehead atoms. The fourth-order valence-electron chi connectivity index (χ4n) is 4.17. The number of nitrogens with one attached hydrogen (secondary N) is 1. The quantitative estimate of drug-likeness (QED) is 0.662. The summed E-state index contributed by atoms with van der Waals surface area (Å²) in [5, 5.41) is 0.697. The summed E-state index contributed by atoms with van der Waals surface area (Å²) in [6, 6.07) is 13.9. The maximum atomic E-state index is 12.5. The highest BCUT2D eigenvalue weighted by Crippen LogP contribution is 2.23. The van der Waals surface area contributed by atoms with Crippen LogP contribution in [0.15, 0.2) is 53.4 Å². The molecule has 1 N–H and O–H groups in total. The van der Waals surface area contributed by atoms with Gasteiger partial charge in [-0.3, -0.25) is 4.79 Å². The molecule has 1 aliphatic carbocycles. The van der Waals surface area contributed by atoms with E-state index in [1.165, 1.54) is 12.1 Å². The minimum absolute atomic E-state index is 0.0212. The van der Waals surface area contributed by atoms with Gasteiger partial charge in [0.2, 0.25) is 10.0 Å². The van der Waals surface area contributed by atoms with E-state index in [-0.39, 0.29) is 23.5 Å². The Morgan fingerprint density at radius 3 is 2.38 bits per heavy atom. The minimum Gasteiger partial charge on any atom is -0.484 e. The van der Waals surface area contributed by atoms with Crippen LogP contribution in [0, 0.1) is 0 Å². The van der Waals surface area contributed by atoms with Crippen molar-refractivity contribution < 1.29 is 17.9 Å². The van der Waals surface area contributed by atoms with Gasteiger partial charge in [0.25, 0.3) is 5.91 Å². The third kappa shape index (κ3) is 5.74. The molecule has 0 unspecified atom stereocenters. The summed E-state index contributed by atoms with van der Waals surface area (Å²) in [7, 11) is -3.53. The molecule has 1 saturated carbocycles. The van der Waals surface area contributed by atoms with E-state index in [0.717, 1.165) is 44.5 Å². The first-order valence-corrected chi connectivity index (χ1v) is 12.8. The van der Waals surface area contributed by atoms with Crippen molar-refractivity contribution in [3.8, 4) is 5.75 Å². The molecule has 2 fully saturated rings. The van der Waals surface area contributed by atoms with E-state index in [1.807, 2.05) is 24.3 Å². The average Bonchev–Trinajstić information content (AvgIpc) is 3.30. The second kappa shape index (κ2) is 10.1. The zero-order valence-corrected chi connectivity index (χ0v) is 19.4. The molecule has 9 heteroatoms. The lowest BCUT2D eigenvalue weighted by Crippen LogP contribution is -2.50. The highest BCUT2D eigenvalue weighted by atomic mass is 35.5. The third-order valence-corrected chi connectivity index (χ3v) is 7.75. The fraction of sp³-hybridized carbons (Fsp3) is 0.435. The molecule has 2 aromatic rings. The van der Waals surface area contributed by atoms with E-state index >= 15 is 0 Å². The van der Waals surface area contributed by atoms with Gasteiger partial charge < -0.3 is 14.5 Å². The molecule has 0 spiro atoms. The van der Waals surface area contributed by atoms with E-state index < -0.39 is 10.0 Å². The van der Waals surface area contributed by atoms with Crippen LogP contribution in [0.4, 0.5) is 5.69 Å². The van der Waals surface area contributed by atoms with E-state index in [1.54, 1.807) is 17.0 Å². The number of carbonyl (C=O) groups is 1. The van der Waals surface area contributed by atoms with Crippen molar-refractivity contribution in [2.75, 3.05) is 37.7 Å². The van der Waals surface area contributed by atoms with Crippen LogP contribution in [-0.4, -0.2) is 58.1 Å². The Bertz CT molecular complexity index is 1030. The molecule has 1 saturated heterocycles. The predicted octanol–water partition coefficient (Wildman–Crippen LogP) is 3.29. The molecular weight excluding hydrogens is 450 g/mol. The normalized spacial score (nSPS) is 17.5. The van der Waals surface area contributed by atoms with E-state index in [9.17, 15) is 13.2 Å². The van der Waals surface area contributed by atoms with Crippen LogP contribution in [0.5, 0.6) is 5.75 Å². The van der Waals surface area contributed by atoms with Crippen LogP contribution in [0.3, 0.4) is 0 Å². The number of hydrogen-bond donors (Lipinski definition) is 1. The van der Waals surface area contributed by atoms with Crippen molar-refractivity contribution in [2.24, 2.45) is 0 Å². The number of benzene rings is 2. The lowest BCUT2D eigenvalue weighted by molar-refractivity contribution is -0.133. The third-order valence-electron chi connectivity index (χ3n) is 5.98. The van der Waals surface area contributed by atoms with Gasteiger partial charge in [-0.2, -0.15) is 0 Å². The molecule has 0 aromatic heterocycles. The summed E-state index contributed by atoms with van der Waals surface area (Å²) in [5.74, 6) is 0.381. The van der Waals surface area contributed by atoms with E-state index in [4.69, 9.17) is 16.3 Å². The molecular formula is C23H28ClN3O4S. The van der Waals surface area contributed by atoms with Crippen LogP contribution in [0.2, 0.25) is 5.02 Å². The largest absolute Gasteiger partial charge is 0.484 e. The SMILES string of the molecule is O=C(COc1ccc(S(=O)(=O)NC2CCCC2)cc1)N1CCN(c2cccc(Cl)c2)CC1. The summed E-state index contributed by atoms with van der Waals surface area (Å²) in [6.45, 7) is 2.60. The highest BCUT2D eigenvalue weighted by Gasteiger charge is 2.24. The lowest BCUT2D eigenvalue weighted by Gasteiger charge is -2.36. The maximum Gasteiger partial charge on any atom is 0.260 e. The van der Waals surface area contributed by atoms with Gasteiger partial charge in [-0.15, -0.1) is 0 Å². The smallest absolute Gasteiger partial charge is 0.260 e. The summed E-state index contributed by atoms with van der Waals surface area (Å²) in [4.78, 5) is 16.7. The Morgan fingerprint density at radius 1 is 1.03 bits per heavy atom. The van der Waals surface area contributed by atoms with Crippen LogP contribution < -0.4 is 14.4 Å². The first-order valence-electron chi connectivity index (χ1n) is 10.9. The molecule has 0 radical (unpaired) electrons. The molecule has 32 heavy (non-hydrogen) atoms. The number of rotatable bonds is 7. The number of sulfonamides is 1. The first kappa shape index (κ1) is 22.9. The number of nitrogens with zero attached hydrogens (tertiary/aromatic N) is 2. The standard InChI is InChI=1S/C23H28ClN3O4S/c24-18-4-3-7-20(16-18)26-12-14-27(15-13-26)23(28)17-31-21-8-10-22(11-9-21)32(29,30)25-19-5-1-2-6-19/h3-4,7-11,16,19,25H,1-2,5-6,12-15,17H2. The Balaban J connectivity index is 1.25. The number of ether oxygens (including phenoxy) is 1. The molecule has 1 heterocycles. The summed E-state index contributed by atoms with van der Waals surface area (Å²) in [5.41, 5.74) is 1.05. The Morgan fingerprint density at radius 2 is 1.72 bits per heavy atom. The molecule has 172 valence electrons. The van der Waals surface area contributed by atoms with Gasteiger partial charge in [0.15, 0.2) is 6.61 Å². The van der Waals surface area contributed by atoms with E-state index in [0.29, 0.717) is 23.9 Å². The molecule has 0 atom stereocenters. The summed E-state index contributed by atoms with van der Waals surface area (Å²) >= 11 is 6.07. The molecule has 1 amide bonds. The van der Waals surface area contributed by atoms with Crippen molar-refractivity contribution in [3.63, 3.8) is 0 Å². The average molecular weight is 478 g/mol. The number of anilines is 1. The van der Waals surface area contributed by atoms with E-state index in [2.05, 4.69) is 9.62 Å². The second-order valence-electron chi connectivity index (χ2n) is 8.21. The molecule has 2 aliphatic rings. The summed E-state index contributed by atoms with van der Waals surface area (Å²) in [6.07, 6.45) is 3.89. The number of amides is 1. The monoisotopic (exact) mass is 477 g/mol. The highest BCUT2D eigenvalue weighted by molar-refractivity contribution is 7.89. The number of halogens is 1. The van der Waals surface area contributed by atoms with Crippen molar-refractivity contribution in [2.45, 2.75) is 36.6 Å². The van der Waals surface area contributed by atoms with Gasteiger partial charge in [0.1, 0.15) is 5.75 Å². The van der Waals surface area contributed by atoms with Gasteiger partial charge in [-0.25, -0.2) is 13.1 Å². The zero-order chi connectivity index (χ0) is 22.6. The Hall–Kier alpha value is -2.29. The molecule has 4 rings (SSSR count). The van der Waals surface area contributed by atoms with Crippen LogP contribution >= 0.6 is 11.6 Å².